The van der Waals surface area contributed by atoms with Gasteiger partial charge in [0.2, 0.25) is 0 Å². The van der Waals surface area contributed by atoms with Gasteiger partial charge in [-0.2, -0.15) is 0 Å². The van der Waals surface area contributed by atoms with Crippen molar-refractivity contribution in [2.75, 3.05) is 6.54 Å². The van der Waals surface area contributed by atoms with Crippen molar-refractivity contribution in [1.29, 1.82) is 0 Å². The van der Waals surface area contributed by atoms with Crippen molar-refractivity contribution in [2.45, 2.75) is 19.9 Å². The molecule has 0 saturated heterocycles. The molecule has 0 saturated carbocycles. The second-order valence-corrected chi connectivity index (χ2v) is 6.14. The molecule has 2 aromatic rings. The molecule has 0 aliphatic rings. The maximum Gasteiger partial charge on any atom is 0.126 e. The minimum Gasteiger partial charge on any atom is -0.467 e. The van der Waals surface area contributed by atoms with Crippen molar-refractivity contribution in [2.24, 2.45) is 5.92 Å². The number of nitrogens with one attached hydrogen (secondary N) is 1. The molecule has 1 N–H and O–H groups in total. The summed E-state index contributed by atoms with van der Waals surface area (Å²) in [7, 11) is 0. The summed E-state index contributed by atoms with van der Waals surface area (Å²) >= 11 is 7.58. The summed E-state index contributed by atoms with van der Waals surface area (Å²) in [5.74, 6) is 1.53. The molecule has 4 heteroatoms. The van der Waals surface area contributed by atoms with E-state index in [2.05, 4.69) is 19.2 Å². The number of hydrogen-bond acceptors (Lipinski definition) is 3. The van der Waals surface area contributed by atoms with Gasteiger partial charge in [-0.25, -0.2) is 0 Å². The maximum absolute atomic E-state index is 5.99. The normalized spacial score (nSPS) is 13.2. The molecule has 0 fully saturated rings. The predicted molar refractivity (Wildman–Crippen MR) is 72.7 cm³/mol. The van der Waals surface area contributed by atoms with Crippen LogP contribution in [0.3, 0.4) is 0 Å². The van der Waals surface area contributed by atoms with Crippen LogP contribution in [0.25, 0.3) is 0 Å². The molecule has 0 radical (unpaired) electrons. The van der Waals surface area contributed by atoms with E-state index in [0.29, 0.717) is 5.92 Å². The van der Waals surface area contributed by atoms with E-state index in [1.165, 1.54) is 4.88 Å². The first-order chi connectivity index (χ1) is 8.16. The smallest absolute Gasteiger partial charge is 0.126 e. The Morgan fingerprint density at radius 3 is 2.71 bits per heavy atom. The first-order valence-corrected chi connectivity index (χ1v) is 6.88. The molecule has 0 aliphatic carbocycles. The molecule has 0 aliphatic heterocycles. The van der Waals surface area contributed by atoms with Gasteiger partial charge in [0.25, 0.3) is 0 Å². The van der Waals surface area contributed by atoms with Crippen molar-refractivity contribution in [1.82, 2.24) is 5.32 Å². The van der Waals surface area contributed by atoms with Gasteiger partial charge in [0.1, 0.15) is 11.8 Å². The highest BCUT2D eigenvalue weighted by molar-refractivity contribution is 7.16. The van der Waals surface area contributed by atoms with Crippen molar-refractivity contribution < 1.29 is 4.42 Å². The fourth-order valence-corrected chi connectivity index (χ4v) is 2.78. The van der Waals surface area contributed by atoms with Crippen LogP contribution in [0.1, 0.15) is 30.5 Å². The zero-order valence-electron chi connectivity index (χ0n) is 9.94. The topological polar surface area (TPSA) is 25.2 Å². The maximum atomic E-state index is 5.99. The van der Waals surface area contributed by atoms with Crippen LogP contribution in [0.5, 0.6) is 0 Å². The Balaban J connectivity index is 2.18. The summed E-state index contributed by atoms with van der Waals surface area (Å²) in [6.45, 7) is 5.32. The summed E-state index contributed by atoms with van der Waals surface area (Å²) in [6.07, 6.45) is 1.70. The van der Waals surface area contributed by atoms with Crippen LogP contribution in [-0.2, 0) is 0 Å². The van der Waals surface area contributed by atoms with Gasteiger partial charge in [-0.15, -0.1) is 11.3 Å². The molecular weight excluding hydrogens is 254 g/mol. The van der Waals surface area contributed by atoms with Crippen LogP contribution in [0.2, 0.25) is 4.34 Å². The van der Waals surface area contributed by atoms with Crippen LogP contribution in [0.15, 0.2) is 34.9 Å². The molecule has 17 heavy (non-hydrogen) atoms. The lowest BCUT2D eigenvalue weighted by atomic mass is 10.1. The van der Waals surface area contributed by atoms with Gasteiger partial charge in [-0.3, -0.25) is 0 Å². The van der Waals surface area contributed by atoms with E-state index in [9.17, 15) is 0 Å². The average Bonchev–Trinajstić information content (AvgIpc) is 2.90. The number of rotatable bonds is 5. The average molecular weight is 270 g/mol. The molecule has 0 spiro atoms. The third-order valence-corrected chi connectivity index (χ3v) is 3.73. The predicted octanol–water partition coefficient (Wildman–Crippen LogP) is 4.33. The Kier molecular flexibility index (Phi) is 4.26. The van der Waals surface area contributed by atoms with E-state index in [-0.39, 0.29) is 6.04 Å². The Morgan fingerprint density at radius 2 is 2.18 bits per heavy atom. The first kappa shape index (κ1) is 12.7. The molecular formula is C13H16ClNOS. The van der Waals surface area contributed by atoms with Crippen LogP contribution in [-0.4, -0.2) is 6.54 Å². The summed E-state index contributed by atoms with van der Waals surface area (Å²) in [4.78, 5) is 1.19. The van der Waals surface area contributed by atoms with E-state index >= 15 is 0 Å². The Labute approximate surface area is 111 Å². The first-order valence-electron chi connectivity index (χ1n) is 5.69. The highest BCUT2D eigenvalue weighted by atomic mass is 35.5. The van der Waals surface area contributed by atoms with Crippen LogP contribution >= 0.6 is 22.9 Å². The van der Waals surface area contributed by atoms with Crippen molar-refractivity contribution >= 4 is 22.9 Å². The monoisotopic (exact) mass is 269 g/mol. The number of halogens is 1. The third kappa shape index (κ3) is 3.35. The Hall–Kier alpha value is -0.770. The van der Waals surface area contributed by atoms with Crippen LogP contribution < -0.4 is 5.32 Å². The minimum absolute atomic E-state index is 0.102. The van der Waals surface area contributed by atoms with Crippen molar-refractivity contribution in [3.63, 3.8) is 0 Å². The van der Waals surface area contributed by atoms with E-state index < -0.39 is 0 Å². The molecule has 0 amide bonds. The van der Waals surface area contributed by atoms with Crippen LogP contribution in [0, 0.1) is 5.92 Å². The zero-order chi connectivity index (χ0) is 12.3. The van der Waals surface area contributed by atoms with Gasteiger partial charge in [-0.05, 0) is 36.7 Å². The third-order valence-electron chi connectivity index (χ3n) is 2.44. The Morgan fingerprint density at radius 1 is 1.35 bits per heavy atom. The lowest BCUT2D eigenvalue weighted by Gasteiger charge is -2.16. The fraction of sp³-hybridized carbons (Fsp3) is 0.385. The van der Waals surface area contributed by atoms with Gasteiger partial charge in [-0.1, -0.05) is 25.4 Å². The van der Waals surface area contributed by atoms with Gasteiger partial charge in [0.05, 0.1) is 10.6 Å². The van der Waals surface area contributed by atoms with E-state index in [1.54, 1.807) is 17.6 Å². The van der Waals surface area contributed by atoms with E-state index in [1.807, 2.05) is 24.3 Å². The molecule has 0 aromatic carbocycles. The van der Waals surface area contributed by atoms with Gasteiger partial charge in [0, 0.05) is 4.88 Å². The molecule has 1 unspecified atom stereocenters. The lowest BCUT2D eigenvalue weighted by Crippen LogP contribution is -2.25. The molecule has 2 nitrogen and oxygen atoms in total. The number of furan rings is 1. The second-order valence-electron chi connectivity index (χ2n) is 4.39. The van der Waals surface area contributed by atoms with Gasteiger partial charge < -0.3 is 9.73 Å². The number of thiophene rings is 1. The molecule has 2 heterocycles. The Bertz CT molecular complexity index is 450. The van der Waals surface area contributed by atoms with Crippen molar-refractivity contribution in [3.8, 4) is 0 Å². The number of hydrogen-bond donors (Lipinski definition) is 1. The fourth-order valence-electron chi connectivity index (χ4n) is 1.63. The minimum atomic E-state index is 0.102. The van der Waals surface area contributed by atoms with Crippen LogP contribution in [0.4, 0.5) is 0 Å². The highest BCUT2D eigenvalue weighted by Gasteiger charge is 2.18. The summed E-state index contributed by atoms with van der Waals surface area (Å²) in [6, 6.07) is 7.98. The quantitative estimate of drug-likeness (QED) is 0.874. The summed E-state index contributed by atoms with van der Waals surface area (Å²) < 4.78 is 6.30. The molecule has 92 valence electrons. The largest absolute Gasteiger partial charge is 0.467 e. The molecule has 2 rings (SSSR count). The molecule has 2 aromatic heterocycles. The van der Waals surface area contributed by atoms with Crippen molar-refractivity contribution in [3.05, 3.63) is 45.5 Å². The van der Waals surface area contributed by atoms with E-state index in [4.69, 9.17) is 16.0 Å². The highest BCUT2D eigenvalue weighted by Crippen LogP contribution is 2.31. The zero-order valence-corrected chi connectivity index (χ0v) is 11.5. The van der Waals surface area contributed by atoms with E-state index in [0.717, 1.165) is 16.6 Å². The summed E-state index contributed by atoms with van der Waals surface area (Å²) in [5, 5.41) is 3.51. The standard InChI is InChI=1S/C13H16ClNOS/c1-9(2)8-15-13(10-4-3-7-16-10)11-5-6-12(14)17-11/h3-7,9,13,15H,8H2,1-2H3. The second kappa shape index (κ2) is 5.71. The SMILES string of the molecule is CC(C)CNC(c1ccco1)c1ccc(Cl)s1. The molecule has 1 atom stereocenters. The lowest BCUT2D eigenvalue weighted by molar-refractivity contribution is 0.430. The summed E-state index contributed by atoms with van der Waals surface area (Å²) in [5.41, 5.74) is 0. The van der Waals surface area contributed by atoms with Gasteiger partial charge in [0.15, 0.2) is 0 Å². The van der Waals surface area contributed by atoms with Gasteiger partial charge >= 0.3 is 0 Å². The molecule has 0 bridgehead atoms.